The van der Waals surface area contributed by atoms with Crippen LogP contribution in [-0.4, -0.2) is 29.3 Å². The first-order chi connectivity index (χ1) is 12.9. The number of hydrogen-bond donors (Lipinski definition) is 0. The number of amides is 1. The van der Waals surface area contributed by atoms with Gasteiger partial charge in [-0.25, -0.2) is 0 Å². The SMILES string of the molecule is COc1ccc(/C=C2/SC(=S)N(C)C2=O)cc1OCc1ccc(Cl)cc1Cl. The van der Waals surface area contributed by atoms with Crippen LogP contribution < -0.4 is 9.47 Å². The minimum atomic E-state index is -0.115. The molecule has 2 aromatic carbocycles. The molecule has 4 nitrogen and oxygen atoms in total. The Morgan fingerprint density at radius 1 is 1.19 bits per heavy atom. The molecule has 140 valence electrons. The molecule has 0 saturated carbocycles. The molecule has 0 atom stereocenters. The molecule has 2 aromatic rings. The maximum absolute atomic E-state index is 12.2. The average molecular weight is 440 g/mol. The van der Waals surface area contributed by atoms with Crippen LogP contribution in [0, 0.1) is 0 Å². The second kappa shape index (κ2) is 8.52. The van der Waals surface area contributed by atoms with Gasteiger partial charge in [0, 0.05) is 22.7 Å². The second-order valence-corrected chi connectivity index (χ2v) is 8.19. The van der Waals surface area contributed by atoms with Crippen LogP contribution in [0.15, 0.2) is 41.3 Å². The van der Waals surface area contributed by atoms with Crippen molar-refractivity contribution in [1.29, 1.82) is 0 Å². The number of methoxy groups -OCH3 is 1. The molecule has 1 aliphatic rings. The van der Waals surface area contributed by atoms with Gasteiger partial charge in [0.05, 0.1) is 12.0 Å². The molecule has 27 heavy (non-hydrogen) atoms. The number of benzene rings is 2. The molecule has 1 aliphatic heterocycles. The first-order valence-corrected chi connectivity index (χ1v) is 9.83. The molecule has 8 heteroatoms. The lowest BCUT2D eigenvalue weighted by Crippen LogP contribution is -2.22. The Morgan fingerprint density at radius 2 is 1.96 bits per heavy atom. The molecule has 0 bridgehead atoms. The van der Waals surface area contributed by atoms with Crippen molar-refractivity contribution in [1.82, 2.24) is 4.90 Å². The van der Waals surface area contributed by atoms with Gasteiger partial charge >= 0.3 is 0 Å². The highest BCUT2D eigenvalue weighted by molar-refractivity contribution is 8.26. The van der Waals surface area contributed by atoms with Gasteiger partial charge in [-0.2, -0.15) is 0 Å². The van der Waals surface area contributed by atoms with Crippen molar-refractivity contribution in [3.8, 4) is 11.5 Å². The van der Waals surface area contributed by atoms with Crippen LogP contribution in [0.1, 0.15) is 11.1 Å². The van der Waals surface area contributed by atoms with E-state index in [0.29, 0.717) is 30.8 Å². The molecule has 0 aliphatic carbocycles. The van der Waals surface area contributed by atoms with Gasteiger partial charge in [0.25, 0.3) is 5.91 Å². The lowest BCUT2D eigenvalue weighted by molar-refractivity contribution is -0.121. The first kappa shape index (κ1) is 20.0. The maximum atomic E-state index is 12.2. The van der Waals surface area contributed by atoms with E-state index in [2.05, 4.69) is 0 Å². The quantitative estimate of drug-likeness (QED) is 0.459. The van der Waals surface area contributed by atoms with Crippen LogP contribution in [0.5, 0.6) is 11.5 Å². The summed E-state index contributed by atoms with van der Waals surface area (Å²) < 4.78 is 11.8. The number of halogens is 2. The molecule has 1 heterocycles. The van der Waals surface area contributed by atoms with E-state index >= 15 is 0 Å². The minimum Gasteiger partial charge on any atom is -0.493 e. The number of thiocarbonyl (C=S) groups is 1. The Bertz CT molecular complexity index is 947. The third-order valence-electron chi connectivity index (χ3n) is 3.87. The van der Waals surface area contributed by atoms with Gasteiger partial charge in [-0.3, -0.25) is 9.69 Å². The van der Waals surface area contributed by atoms with Gasteiger partial charge in [0.2, 0.25) is 0 Å². The summed E-state index contributed by atoms with van der Waals surface area (Å²) >= 11 is 18.5. The topological polar surface area (TPSA) is 38.8 Å². The Morgan fingerprint density at radius 3 is 2.59 bits per heavy atom. The van der Waals surface area contributed by atoms with Crippen LogP contribution in [-0.2, 0) is 11.4 Å². The highest BCUT2D eigenvalue weighted by atomic mass is 35.5. The van der Waals surface area contributed by atoms with E-state index in [4.69, 9.17) is 44.9 Å². The van der Waals surface area contributed by atoms with Crippen LogP contribution in [0.4, 0.5) is 0 Å². The van der Waals surface area contributed by atoms with Crippen LogP contribution >= 0.6 is 47.2 Å². The van der Waals surface area contributed by atoms with Gasteiger partial charge in [0.15, 0.2) is 11.5 Å². The third-order valence-corrected chi connectivity index (χ3v) is 5.94. The van der Waals surface area contributed by atoms with Crippen molar-refractivity contribution in [2.24, 2.45) is 0 Å². The van der Waals surface area contributed by atoms with E-state index in [1.165, 1.54) is 16.7 Å². The van der Waals surface area contributed by atoms with Crippen molar-refractivity contribution < 1.29 is 14.3 Å². The predicted molar refractivity (Wildman–Crippen MR) is 115 cm³/mol. The highest BCUT2D eigenvalue weighted by Crippen LogP contribution is 2.34. The summed E-state index contributed by atoms with van der Waals surface area (Å²) in [5.41, 5.74) is 1.61. The molecule has 3 rings (SSSR count). The van der Waals surface area contributed by atoms with Crippen molar-refractivity contribution in [2.45, 2.75) is 6.61 Å². The monoisotopic (exact) mass is 439 g/mol. The molecule has 1 saturated heterocycles. The fourth-order valence-electron chi connectivity index (χ4n) is 2.39. The molecule has 1 fully saturated rings. The number of carbonyl (C=O) groups excluding carboxylic acids is 1. The number of likely N-dealkylation sites (N-methyl/N-ethyl adjacent to an activating group) is 1. The predicted octanol–water partition coefficient (Wildman–Crippen LogP) is 5.41. The van der Waals surface area contributed by atoms with E-state index in [9.17, 15) is 4.79 Å². The summed E-state index contributed by atoms with van der Waals surface area (Å²) in [5.74, 6) is 1.01. The molecule has 0 radical (unpaired) electrons. The Kier molecular flexibility index (Phi) is 6.32. The van der Waals surface area contributed by atoms with Gasteiger partial charge in [-0.1, -0.05) is 59.3 Å². The Balaban J connectivity index is 1.84. The van der Waals surface area contributed by atoms with E-state index in [1.54, 1.807) is 38.4 Å². The summed E-state index contributed by atoms with van der Waals surface area (Å²) in [6, 6.07) is 10.7. The summed E-state index contributed by atoms with van der Waals surface area (Å²) in [5, 5.41) is 1.10. The standard InChI is InChI=1S/C19H15Cl2NO3S2/c1-22-18(23)17(27-19(22)26)8-11-3-6-15(24-2)16(7-11)25-10-12-4-5-13(20)9-14(12)21/h3-9H,10H2,1-2H3/b17-8+. The summed E-state index contributed by atoms with van der Waals surface area (Å²) in [6.45, 7) is 0.257. The minimum absolute atomic E-state index is 0.115. The number of nitrogens with zero attached hydrogens (tertiary/aromatic N) is 1. The number of rotatable bonds is 5. The van der Waals surface area contributed by atoms with Crippen LogP contribution in [0.3, 0.4) is 0 Å². The Labute approximate surface area is 177 Å². The number of ether oxygens (including phenoxy) is 2. The second-order valence-electron chi connectivity index (χ2n) is 5.68. The molecule has 1 amide bonds. The molecule has 0 N–H and O–H groups in total. The molecular formula is C19H15Cl2NO3S2. The van der Waals surface area contributed by atoms with E-state index in [0.717, 1.165) is 11.1 Å². The maximum Gasteiger partial charge on any atom is 0.265 e. The smallest absolute Gasteiger partial charge is 0.265 e. The van der Waals surface area contributed by atoms with Gasteiger partial charge in [-0.05, 0) is 35.9 Å². The average Bonchev–Trinajstić information content (AvgIpc) is 2.88. The first-order valence-electron chi connectivity index (χ1n) is 7.85. The van der Waals surface area contributed by atoms with Gasteiger partial charge < -0.3 is 9.47 Å². The molecular weight excluding hydrogens is 425 g/mol. The zero-order valence-corrected chi connectivity index (χ0v) is 17.6. The Hall–Kier alpha value is -1.73. The van der Waals surface area contributed by atoms with Crippen molar-refractivity contribution in [3.05, 3.63) is 62.5 Å². The van der Waals surface area contributed by atoms with Crippen molar-refractivity contribution >= 4 is 63.5 Å². The van der Waals surface area contributed by atoms with Crippen molar-refractivity contribution in [2.75, 3.05) is 14.2 Å². The number of hydrogen-bond acceptors (Lipinski definition) is 5. The summed E-state index contributed by atoms with van der Waals surface area (Å²) in [4.78, 5) is 14.2. The van der Waals surface area contributed by atoms with Gasteiger partial charge in [0.1, 0.15) is 10.9 Å². The molecule has 0 aromatic heterocycles. The van der Waals surface area contributed by atoms with Crippen molar-refractivity contribution in [3.63, 3.8) is 0 Å². The largest absolute Gasteiger partial charge is 0.493 e. The van der Waals surface area contributed by atoms with E-state index in [-0.39, 0.29) is 12.5 Å². The van der Waals surface area contributed by atoms with Crippen LogP contribution in [0.25, 0.3) is 6.08 Å². The number of thioether (sulfide) groups is 1. The summed E-state index contributed by atoms with van der Waals surface area (Å²) in [6.07, 6.45) is 1.78. The summed E-state index contributed by atoms with van der Waals surface area (Å²) in [7, 11) is 3.23. The van der Waals surface area contributed by atoms with E-state index < -0.39 is 0 Å². The fourth-order valence-corrected chi connectivity index (χ4v) is 4.03. The number of carbonyl (C=O) groups is 1. The zero-order chi connectivity index (χ0) is 19.6. The van der Waals surface area contributed by atoms with Crippen LogP contribution in [0.2, 0.25) is 10.0 Å². The fraction of sp³-hybridized carbons (Fsp3) is 0.158. The third kappa shape index (κ3) is 4.58. The normalized spacial score (nSPS) is 15.6. The molecule has 0 unspecified atom stereocenters. The molecule has 0 spiro atoms. The zero-order valence-electron chi connectivity index (χ0n) is 14.5. The van der Waals surface area contributed by atoms with E-state index in [1.807, 2.05) is 18.2 Å². The van der Waals surface area contributed by atoms with Gasteiger partial charge in [-0.15, -0.1) is 0 Å². The lowest BCUT2D eigenvalue weighted by atomic mass is 10.1. The highest BCUT2D eigenvalue weighted by Gasteiger charge is 2.28. The lowest BCUT2D eigenvalue weighted by Gasteiger charge is -2.12.